The third kappa shape index (κ3) is 3.62. The molecule has 22 heavy (non-hydrogen) atoms. The van der Waals surface area contributed by atoms with Gasteiger partial charge in [0.25, 0.3) is 5.91 Å². The second kappa shape index (κ2) is 6.58. The van der Waals surface area contributed by atoms with Crippen LogP contribution < -0.4 is 5.32 Å². The van der Waals surface area contributed by atoms with Gasteiger partial charge < -0.3 is 5.32 Å². The lowest BCUT2D eigenvalue weighted by atomic mass is 10.2. The standard InChI is InChI=1S/C17H14BrN3O/c18-15-8-4-7-14(11-15)17(22)19-16-9-10-21(20-16)12-13-5-2-1-3-6-13/h1-11H,12H2,(H,19,20,22). The van der Waals surface area contributed by atoms with E-state index in [0.717, 1.165) is 10.0 Å². The molecule has 0 fully saturated rings. The average Bonchev–Trinajstić information content (AvgIpc) is 2.95. The minimum absolute atomic E-state index is 0.175. The van der Waals surface area contributed by atoms with Crippen LogP contribution in [0.25, 0.3) is 0 Å². The molecule has 1 heterocycles. The molecular weight excluding hydrogens is 342 g/mol. The first-order valence-corrected chi connectivity index (χ1v) is 7.64. The van der Waals surface area contributed by atoms with Crippen LogP contribution in [0, 0.1) is 0 Å². The van der Waals surface area contributed by atoms with Gasteiger partial charge in [0, 0.05) is 22.3 Å². The van der Waals surface area contributed by atoms with Crippen molar-refractivity contribution in [2.24, 2.45) is 0 Å². The van der Waals surface area contributed by atoms with E-state index in [1.54, 1.807) is 22.9 Å². The molecule has 0 saturated carbocycles. The number of hydrogen-bond acceptors (Lipinski definition) is 2. The number of benzene rings is 2. The van der Waals surface area contributed by atoms with Crippen molar-refractivity contribution in [2.75, 3.05) is 5.32 Å². The zero-order valence-electron chi connectivity index (χ0n) is 11.7. The van der Waals surface area contributed by atoms with Gasteiger partial charge in [-0.05, 0) is 23.8 Å². The molecular formula is C17H14BrN3O. The van der Waals surface area contributed by atoms with Crippen molar-refractivity contribution in [3.05, 3.63) is 82.5 Å². The van der Waals surface area contributed by atoms with Gasteiger partial charge in [-0.15, -0.1) is 0 Å². The Morgan fingerprint density at radius 2 is 1.91 bits per heavy atom. The van der Waals surface area contributed by atoms with Gasteiger partial charge in [-0.1, -0.05) is 52.3 Å². The molecule has 0 unspecified atom stereocenters. The molecule has 2 aromatic carbocycles. The predicted molar refractivity (Wildman–Crippen MR) is 89.9 cm³/mol. The fraction of sp³-hybridized carbons (Fsp3) is 0.0588. The molecule has 1 aromatic heterocycles. The Hall–Kier alpha value is -2.40. The third-order valence-electron chi connectivity index (χ3n) is 3.16. The Morgan fingerprint density at radius 1 is 1.09 bits per heavy atom. The first kappa shape index (κ1) is 14.5. The highest BCUT2D eigenvalue weighted by atomic mass is 79.9. The smallest absolute Gasteiger partial charge is 0.256 e. The molecule has 4 nitrogen and oxygen atoms in total. The zero-order chi connectivity index (χ0) is 15.4. The van der Waals surface area contributed by atoms with Gasteiger partial charge in [0.15, 0.2) is 5.82 Å². The third-order valence-corrected chi connectivity index (χ3v) is 3.65. The Bertz CT molecular complexity index is 783. The number of hydrogen-bond donors (Lipinski definition) is 1. The molecule has 0 spiro atoms. The topological polar surface area (TPSA) is 46.9 Å². The quantitative estimate of drug-likeness (QED) is 0.770. The molecule has 3 rings (SSSR count). The van der Waals surface area contributed by atoms with E-state index >= 15 is 0 Å². The normalized spacial score (nSPS) is 10.4. The van der Waals surface area contributed by atoms with Gasteiger partial charge in [-0.25, -0.2) is 0 Å². The van der Waals surface area contributed by atoms with Crippen LogP contribution in [0.4, 0.5) is 5.82 Å². The number of amides is 1. The molecule has 1 amide bonds. The monoisotopic (exact) mass is 355 g/mol. The van der Waals surface area contributed by atoms with Crippen molar-refractivity contribution in [3.8, 4) is 0 Å². The number of aromatic nitrogens is 2. The van der Waals surface area contributed by atoms with E-state index in [1.165, 1.54) is 0 Å². The van der Waals surface area contributed by atoms with Crippen LogP contribution in [-0.4, -0.2) is 15.7 Å². The van der Waals surface area contributed by atoms with Gasteiger partial charge in [-0.2, -0.15) is 5.10 Å². The summed E-state index contributed by atoms with van der Waals surface area (Å²) in [7, 11) is 0. The number of carbonyl (C=O) groups excluding carboxylic acids is 1. The maximum atomic E-state index is 12.2. The second-order valence-electron chi connectivity index (χ2n) is 4.85. The predicted octanol–water partition coefficient (Wildman–Crippen LogP) is 3.95. The number of carbonyl (C=O) groups is 1. The number of nitrogens with zero attached hydrogens (tertiary/aromatic N) is 2. The van der Waals surface area contributed by atoms with Crippen LogP contribution in [-0.2, 0) is 6.54 Å². The Morgan fingerprint density at radius 3 is 2.68 bits per heavy atom. The summed E-state index contributed by atoms with van der Waals surface area (Å²) in [5.74, 6) is 0.368. The summed E-state index contributed by atoms with van der Waals surface area (Å²) in [4.78, 5) is 12.2. The number of anilines is 1. The number of nitrogens with one attached hydrogen (secondary N) is 1. The molecule has 110 valence electrons. The minimum atomic E-state index is -0.175. The Labute approximate surface area is 136 Å². The van der Waals surface area contributed by atoms with Gasteiger partial charge in [-0.3, -0.25) is 9.48 Å². The summed E-state index contributed by atoms with van der Waals surface area (Å²) in [6, 6.07) is 19.1. The summed E-state index contributed by atoms with van der Waals surface area (Å²) in [6.07, 6.45) is 1.85. The summed E-state index contributed by atoms with van der Waals surface area (Å²) in [6.45, 7) is 0.674. The van der Waals surface area contributed by atoms with Crippen molar-refractivity contribution in [1.82, 2.24) is 9.78 Å². The highest BCUT2D eigenvalue weighted by Gasteiger charge is 2.08. The molecule has 0 radical (unpaired) electrons. The van der Waals surface area contributed by atoms with E-state index in [-0.39, 0.29) is 5.91 Å². The molecule has 0 bridgehead atoms. The first-order valence-electron chi connectivity index (χ1n) is 6.85. The number of halogens is 1. The molecule has 0 saturated heterocycles. The van der Waals surface area contributed by atoms with E-state index in [1.807, 2.05) is 48.7 Å². The van der Waals surface area contributed by atoms with E-state index < -0.39 is 0 Å². The summed E-state index contributed by atoms with van der Waals surface area (Å²) >= 11 is 3.36. The molecule has 5 heteroatoms. The average molecular weight is 356 g/mol. The van der Waals surface area contributed by atoms with Gasteiger partial charge in [0.1, 0.15) is 0 Å². The van der Waals surface area contributed by atoms with E-state index in [4.69, 9.17) is 0 Å². The van der Waals surface area contributed by atoms with E-state index in [9.17, 15) is 4.79 Å². The van der Waals surface area contributed by atoms with Gasteiger partial charge in [0.05, 0.1) is 6.54 Å². The number of rotatable bonds is 4. The molecule has 0 aliphatic carbocycles. The van der Waals surface area contributed by atoms with Gasteiger partial charge >= 0.3 is 0 Å². The van der Waals surface area contributed by atoms with Crippen LogP contribution in [0.3, 0.4) is 0 Å². The molecule has 1 N–H and O–H groups in total. The van der Waals surface area contributed by atoms with Crippen molar-refractivity contribution in [2.45, 2.75) is 6.54 Å². The first-order chi connectivity index (χ1) is 10.7. The Balaban J connectivity index is 1.68. The van der Waals surface area contributed by atoms with Crippen LogP contribution in [0.2, 0.25) is 0 Å². The maximum absolute atomic E-state index is 12.2. The fourth-order valence-corrected chi connectivity index (χ4v) is 2.50. The maximum Gasteiger partial charge on any atom is 0.256 e. The van der Waals surface area contributed by atoms with Gasteiger partial charge in [0.2, 0.25) is 0 Å². The van der Waals surface area contributed by atoms with E-state index in [2.05, 4.69) is 26.3 Å². The van der Waals surface area contributed by atoms with Crippen LogP contribution in [0.1, 0.15) is 15.9 Å². The highest BCUT2D eigenvalue weighted by molar-refractivity contribution is 9.10. The zero-order valence-corrected chi connectivity index (χ0v) is 13.3. The summed E-state index contributed by atoms with van der Waals surface area (Å²) in [5.41, 5.74) is 1.75. The minimum Gasteiger partial charge on any atom is -0.305 e. The van der Waals surface area contributed by atoms with Crippen molar-refractivity contribution >= 4 is 27.7 Å². The Kier molecular flexibility index (Phi) is 4.34. The van der Waals surface area contributed by atoms with Crippen LogP contribution in [0.5, 0.6) is 0 Å². The van der Waals surface area contributed by atoms with E-state index in [0.29, 0.717) is 17.9 Å². The molecule has 0 aliphatic rings. The highest BCUT2D eigenvalue weighted by Crippen LogP contribution is 2.13. The van der Waals surface area contributed by atoms with Crippen molar-refractivity contribution < 1.29 is 4.79 Å². The second-order valence-corrected chi connectivity index (χ2v) is 5.76. The van der Waals surface area contributed by atoms with Crippen molar-refractivity contribution in [3.63, 3.8) is 0 Å². The lowest BCUT2D eigenvalue weighted by Crippen LogP contribution is -2.12. The lowest BCUT2D eigenvalue weighted by Gasteiger charge is -2.03. The summed E-state index contributed by atoms with van der Waals surface area (Å²) < 4.78 is 2.67. The SMILES string of the molecule is O=C(Nc1ccn(Cc2ccccc2)n1)c1cccc(Br)c1. The van der Waals surface area contributed by atoms with Crippen LogP contribution >= 0.6 is 15.9 Å². The molecule has 0 atom stereocenters. The fourth-order valence-electron chi connectivity index (χ4n) is 2.11. The van der Waals surface area contributed by atoms with Crippen molar-refractivity contribution in [1.29, 1.82) is 0 Å². The van der Waals surface area contributed by atoms with Crippen LogP contribution in [0.15, 0.2) is 71.3 Å². The molecule has 3 aromatic rings. The summed E-state index contributed by atoms with van der Waals surface area (Å²) in [5, 5.41) is 7.17. The lowest BCUT2D eigenvalue weighted by molar-refractivity contribution is 0.102. The largest absolute Gasteiger partial charge is 0.305 e. The molecule has 0 aliphatic heterocycles.